The van der Waals surface area contributed by atoms with E-state index >= 15 is 0 Å². The number of nitrogens with zero attached hydrogens (tertiary/aromatic N) is 3. The standard InChI is InChI=1S/C19H23N3O2/c1-15-5-6-18(24-2)17(12-15)14-21-8-10-22(11-9-21)19(23)16-4-3-7-20-13-16/h3-7,12-13H,8-11,14H2,1-2H3. The third kappa shape index (κ3) is 3.74. The molecular formula is C19H23N3O2. The summed E-state index contributed by atoms with van der Waals surface area (Å²) in [4.78, 5) is 20.8. The van der Waals surface area contributed by atoms with Crippen LogP contribution in [-0.2, 0) is 6.54 Å². The van der Waals surface area contributed by atoms with Gasteiger partial charge in [0.15, 0.2) is 0 Å². The number of carbonyl (C=O) groups is 1. The lowest BCUT2D eigenvalue weighted by atomic mass is 10.1. The molecule has 1 saturated heterocycles. The third-order valence-electron chi connectivity index (χ3n) is 4.40. The lowest BCUT2D eigenvalue weighted by Crippen LogP contribution is -2.48. The zero-order valence-corrected chi connectivity index (χ0v) is 14.2. The van der Waals surface area contributed by atoms with Gasteiger partial charge in [-0.2, -0.15) is 0 Å². The van der Waals surface area contributed by atoms with Gasteiger partial charge in [-0.25, -0.2) is 0 Å². The lowest BCUT2D eigenvalue weighted by Gasteiger charge is -2.35. The first-order valence-corrected chi connectivity index (χ1v) is 8.22. The second-order valence-electron chi connectivity index (χ2n) is 6.13. The number of hydrogen-bond donors (Lipinski definition) is 0. The second-order valence-corrected chi connectivity index (χ2v) is 6.13. The Labute approximate surface area is 142 Å². The van der Waals surface area contributed by atoms with Gasteiger partial charge in [-0.1, -0.05) is 17.7 Å². The van der Waals surface area contributed by atoms with E-state index in [0.29, 0.717) is 5.56 Å². The molecule has 1 aliphatic rings. The van der Waals surface area contributed by atoms with Crippen LogP contribution in [0.2, 0.25) is 0 Å². The second kappa shape index (κ2) is 7.45. The molecule has 0 N–H and O–H groups in total. The van der Waals surface area contributed by atoms with E-state index in [1.807, 2.05) is 17.0 Å². The van der Waals surface area contributed by atoms with Crippen LogP contribution in [0, 0.1) is 6.92 Å². The van der Waals surface area contributed by atoms with Crippen LogP contribution in [0.25, 0.3) is 0 Å². The van der Waals surface area contributed by atoms with Crippen molar-refractivity contribution >= 4 is 5.91 Å². The molecule has 1 aromatic carbocycles. The van der Waals surface area contributed by atoms with Gasteiger partial charge < -0.3 is 9.64 Å². The molecule has 24 heavy (non-hydrogen) atoms. The zero-order valence-electron chi connectivity index (χ0n) is 14.2. The molecule has 1 amide bonds. The summed E-state index contributed by atoms with van der Waals surface area (Å²) in [5.41, 5.74) is 3.09. The average Bonchev–Trinajstić information content (AvgIpc) is 2.63. The summed E-state index contributed by atoms with van der Waals surface area (Å²) >= 11 is 0. The molecule has 0 atom stereocenters. The van der Waals surface area contributed by atoms with Gasteiger partial charge in [0.05, 0.1) is 12.7 Å². The zero-order chi connectivity index (χ0) is 16.9. The van der Waals surface area contributed by atoms with Gasteiger partial charge in [0, 0.05) is 50.7 Å². The van der Waals surface area contributed by atoms with Gasteiger partial charge in [0.1, 0.15) is 5.75 Å². The first-order valence-electron chi connectivity index (χ1n) is 8.22. The van der Waals surface area contributed by atoms with E-state index in [9.17, 15) is 4.79 Å². The fourth-order valence-electron chi connectivity index (χ4n) is 3.05. The van der Waals surface area contributed by atoms with Crippen LogP contribution in [-0.4, -0.2) is 54.0 Å². The topological polar surface area (TPSA) is 45.7 Å². The smallest absolute Gasteiger partial charge is 0.255 e. The van der Waals surface area contributed by atoms with Crippen molar-refractivity contribution in [3.05, 3.63) is 59.4 Å². The normalized spacial score (nSPS) is 15.3. The maximum absolute atomic E-state index is 12.5. The van der Waals surface area contributed by atoms with E-state index in [1.165, 1.54) is 11.1 Å². The predicted molar refractivity (Wildman–Crippen MR) is 93.1 cm³/mol. The van der Waals surface area contributed by atoms with Crippen molar-refractivity contribution in [1.82, 2.24) is 14.8 Å². The van der Waals surface area contributed by atoms with Crippen LogP contribution in [0.3, 0.4) is 0 Å². The molecule has 1 aliphatic heterocycles. The van der Waals surface area contributed by atoms with Gasteiger partial charge in [0.2, 0.25) is 0 Å². The summed E-state index contributed by atoms with van der Waals surface area (Å²) in [6, 6.07) is 9.87. The molecule has 1 aromatic heterocycles. The molecule has 0 bridgehead atoms. The minimum atomic E-state index is 0.0656. The maximum Gasteiger partial charge on any atom is 0.255 e. The Morgan fingerprint density at radius 3 is 2.67 bits per heavy atom. The minimum Gasteiger partial charge on any atom is -0.496 e. The Morgan fingerprint density at radius 2 is 2.00 bits per heavy atom. The molecule has 3 rings (SSSR count). The van der Waals surface area contributed by atoms with Gasteiger partial charge in [-0.3, -0.25) is 14.7 Å². The molecule has 1 fully saturated rings. The molecule has 0 aliphatic carbocycles. The molecule has 0 spiro atoms. The highest BCUT2D eigenvalue weighted by Crippen LogP contribution is 2.22. The molecule has 0 radical (unpaired) electrons. The van der Waals surface area contributed by atoms with E-state index in [0.717, 1.165) is 38.5 Å². The summed E-state index contributed by atoms with van der Waals surface area (Å²) in [6.07, 6.45) is 3.32. The van der Waals surface area contributed by atoms with Gasteiger partial charge >= 0.3 is 0 Å². The van der Waals surface area contributed by atoms with Crippen molar-refractivity contribution in [3.63, 3.8) is 0 Å². The SMILES string of the molecule is COc1ccc(C)cc1CN1CCN(C(=O)c2cccnc2)CC1. The molecule has 2 aromatic rings. The Bertz CT molecular complexity index is 695. The highest BCUT2D eigenvalue weighted by atomic mass is 16.5. The Balaban J connectivity index is 1.60. The van der Waals surface area contributed by atoms with Gasteiger partial charge in [0.25, 0.3) is 5.91 Å². The number of carbonyl (C=O) groups excluding carboxylic acids is 1. The van der Waals surface area contributed by atoms with Crippen molar-refractivity contribution in [3.8, 4) is 5.75 Å². The summed E-state index contributed by atoms with van der Waals surface area (Å²) in [5.74, 6) is 0.991. The third-order valence-corrected chi connectivity index (χ3v) is 4.40. The molecule has 5 nitrogen and oxygen atoms in total. The highest BCUT2D eigenvalue weighted by molar-refractivity contribution is 5.93. The number of benzene rings is 1. The summed E-state index contributed by atoms with van der Waals surface area (Å²) in [7, 11) is 1.71. The Kier molecular flexibility index (Phi) is 5.11. The number of amides is 1. The van der Waals surface area contributed by atoms with Crippen molar-refractivity contribution in [2.75, 3.05) is 33.3 Å². The molecule has 2 heterocycles. The fourth-order valence-corrected chi connectivity index (χ4v) is 3.05. The number of hydrogen-bond acceptors (Lipinski definition) is 4. The van der Waals surface area contributed by atoms with Crippen molar-refractivity contribution < 1.29 is 9.53 Å². The fraction of sp³-hybridized carbons (Fsp3) is 0.368. The van der Waals surface area contributed by atoms with Crippen LogP contribution in [0.1, 0.15) is 21.5 Å². The van der Waals surface area contributed by atoms with Gasteiger partial charge in [-0.05, 0) is 25.1 Å². The first-order chi connectivity index (χ1) is 11.7. The number of methoxy groups -OCH3 is 1. The predicted octanol–water partition coefficient (Wildman–Crippen LogP) is 2.36. The van der Waals surface area contributed by atoms with Crippen LogP contribution in [0.5, 0.6) is 5.75 Å². The van der Waals surface area contributed by atoms with Crippen molar-refractivity contribution in [2.45, 2.75) is 13.5 Å². The minimum absolute atomic E-state index is 0.0656. The lowest BCUT2D eigenvalue weighted by molar-refractivity contribution is 0.0627. The highest BCUT2D eigenvalue weighted by Gasteiger charge is 2.22. The number of piperazine rings is 1. The maximum atomic E-state index is 12.5. The van der Waals surface area contributed by atoms with E-state index in [2.05, 4.69) is 28.9 Å². The molecule has 0 saturated carbocycles. The van der Waals surface area contributed by atoms with Crippen LogP contribution >= 0.6 is 0 Å². The van der Waals surface area contributed by atoms with E-state index in [4.69, 9.17) is 4.74 Å². The van der Waals surface area contributed by atoms with Crippen molar-refractivity contribution in [1.29, 1.82) is 0 Å². The Hall–Kier alpha value is -2.40. The largest absolute Gasteiger partial charge is 0.496 e. The van der Waals surface area contributed by atoms with Gasteiger partial charge in [-0.15, -0.1) is 0 Å². The van der Waals surface area contributed by atoms with Crippen LogP contribution < -0.4 is 4.74 Å². The first kappa shape index (κ1) is 16.5. The number of pyridine rings is 1. The van der Waals surface area contributed by atoms with E-state index < -0.39 is 0 Å². The van der Waals surface area contributed by atoms with E-state index in [1.54, 1.807) is 25.6 Å². The summed E-state index contributed by atoms with van der Waals surface area (Å²) in [5, 5.41) is 0. The monoisotopic (exact) mass is 325 g/mol. The molecular weight excluding hydrogens is 302 g/mol. The van der Waals surface area contributed by atoms with Crippen LogP contribution in [0.4, 0.5) is 0 Å². The summed E-state index contributed by atoms with van der Waals surface area (Å²) in [6.45, 7) is 6.14. The number of aromatic nitrogens is 1. The van der Waals surface area contributed by atoms with Crippen molar-refractivity contribution in [2.24, 2.45) is 0 Å². The number of ether oxygens (including phenoxy) is 1. The van der Waals surface area contributed by atoms with E-state index in [-0.39, 0.29) is 5.91 Å². The summed E-state index contributed by atoms with van der Waals surface area (Å²) < 4.78 is 5.46. The average molecular weight is 325 g/mol. The van der Waals surface area contributed by atoms with Crippen LogP contribution in [0.15, 0.2) is 42.7 Å². The molecule has 0 unspecified atom stereocenters. The molecule has 5 heteroatoms. The number of rotatable bonds is 4. The Morgan fingerprint density at radius 1 is 1.21 bits per heavy atom. The molecule has 126 valence electrons. The quantitative estimate of drug-likeness (QED) is 0.866. The number of aryl methyl sites for hydroxylation is 1.